The lowest BCUT2D eigenvalue weighted by atomic mass is 10.0. The van der Waals surface area contributed by atoms with E-state index in [2.05, 4.69) is 10.6 Å². The molecule has 0 radical (unpaired) electrons. The largest absolute Gasteiger partial charge is 0.377 e. The Morgan fingerprint density at radius 2 is 1.57 bits per heavy atom. The van der Waals surface area contributed by atoms with Crippen LogP contribution in [0.2, 0.25) is 0 Å². The van der Waals surface area contributed by atoms with E-state index < -0.39 is 5.82 Å². The molecule has 0 unspecified atom stereocenters. The van der Waals surface area contributed by atoms with Gasteiger partial charge >= 0.3 is 6.03 Å². The number of hydrogen-bond acceptors (Lipinski definition) is 3. The van der Waals surface area contributed by atoms with E-state index in [1.165, 1.54) is 24.3 Å². The lowest BCUT2D eigenvalue weighted by molar-refractivity contribution is 0.0674. The third-order valence-corrected chi connectivity index (χ3v) is 5.68. The SMILES string of the molecule is CC(C)NC(=O)Nc1ccc(N(C)C)c(CN(C(=O)c2ccc(F)cc2)[C@@H](C)c2ccccc2)c1. The van der Waals surface area contributed by atoms with Crippen LogP contribution in [0.1, 0.15) is 48.3 Å². The molecular formula is C28H33FN4O2. The van der Waals surface area contributed by atoms with Gasteiger partial charge in [0.25, 0.3) is 5.91 Å². The fraction of sp³-hybridized carbons (Fsp3) is 0.286. The third kappa shape index (κ3) is 6.82. The molecule has 6 nitrogen and oxygen atoms in total. The molecule has 3 aromatic rings. The first kappa shape index (κ1) is 25.7. The van der Waals surface area contributed by atoms with Gasteiger partial charge in [0, 0.05) is 43.6 Å². The van der Waals surface area contributed by atoms with Gasteiger partial charge in [-0.05, 0) is 74.4 Å². The van der Waals surface area contributed by atoms with Gasteiger partial charge in [-0.1, -0.05) is 30.3 Å². The minimum atomic E-state index is -0.391. The van der Waals surface area contributed by atoms with E-state index in [4.69, 9.17) is 0 Å². The molecule has 0 fully saturated rings. The molecule has 3 aromatic carbocycles. The van der Waals surface area contributed by atoms with Crippen molar-refractivity contribution >= 4 is 23.3 Å². The molecule has 2 N–H and O–H groups in total. The molecule has 0 aliphatic rings. The number of anilines is 2. The Labute approximate surface area is 206 Å². The van der Waals surface area contributed by atoms with Crippen LogP contribution in [0.3, 0.4) is 0 Å². The Hall–Kier alpha value is -3.87. The van der Waals surface area contributed by atoms with Gasteiger partial charge in [0.15, 0.2) is 0 Å². The molecule has 0 saturated heterocycles. The molecule has 1 atom stereocenters. The van der Waals surface area contributed by atoms with E-state index in [9.17, 15) is 14.0 Å². The van der Waals surface area contributed by atoms with Crippen LogP contribution in [0.5, 0.6) is 0 Å². The monoisotopic (exact) mass is 476 g/mol. The van der Waals surface area contributed by atoms with E-state index in [1.54, 1.807) is 4.90 Å². The van der Waals surface area contributed by atoms with Crippen LogP contribution in [-0.2, 0) is 6.54 Å². The first-order valence-electron chi connectivity index (χ1n) is 11.6. The quantitative estimate of drug-likeness (QED) is 0.430. The first-order valence-corrected chi connectivity index (χ1v) is 11.6. The second-order valence-corrected chi connectivity index (χ2v) is 9.02. The average molecular weight is 477 g/mol. The maximum absolute atomic E-state index is 13.7. The smallest absolute Gasteiger partial charge is 0.319 e. The second-order valence-electron chi connectivity index (χ2n) is 9.02. The predicted molar refractivity (Wildman–Crippen MR) is 139 cm³/mol. The summed E-state index contributed by atoms with van der Waals surface area (Å²) in [4.78, 5) is 29.7. The summed E-state index contributed by atoms with van der Waals surface area (Å²) < 4.78 is 13.5. The molecule has 0 heterocycles. The van der Waals surface area contributed by atoms with E-state index in [-0.39, 0.29) is 24.0 Å². The molecule has 184 valence electrons. The lowest BCUT2D eigenvalue weighted by Gasteiger charge is -2.32. The number of urea groups is 1. The molecule has 7 heteroatoms. The Morgan fingerprint density at radius 3 is 2.17 bits per heavy atom. The molecule has 0 saturated carbocycles. The highest BCUT2D eigenvalue weighted by molar-refractivity contribution is 5.94. The summed E-state index contributed by atoms with van der Waals surface area (Å²) in [7, 11) is 3.87. The zero-order valence-electron chi connectivity index (χ0n) is 20.9. The molecule has 3 rings (SSSR count). The van der Waals surface area contributed by atoms with Gasteiger partial charge in [0.1, 0.15) is 5.82 Å². The topological polar surface area (TPSA) is 64.7 Å². The van der Waals surface area contributed by atoms with Gasteiger partial charge in [-0.15, -0.1) is 0 Å². The highest BCUT2D eigenvalue weighted by Gasteiger charge is 2.25. The van der Waals surface area contributed by atoms with E-state index in [1.807, 2.05) is 88.3 Å². The summed E-state index contributed by atoms with van der Waals surface area (Å²) in [5, 5.41) is 5.68. The Kier molecular flexibility index (Phi) is 8.47. The zero-order valence-corrected chi connectivity index (χ0v) is 20.9. The number of amides is 3. The number of hydrogen-bond donors (Lipinski definition) is 2. The van der Waals surface area contributed by atoms with Crippen molar-refractivity contribution in [1.82, 2.24) is 10.2 Å². The van der Waals surface area contributed by atoms with Crippen LogP contribution in [0.25, 0.3) is 0 Å². The minimum absolute atomic E-state index is 0.00561. The van der Waals surface area contributed by atoms with Crippen LogP contribution in [0.4, 0.5) is 20.6 Å². The van der Waals surface area contributed by atoms with E-state index in [0.29, 0.717) is 17.8 Å². The molecule has 0 aromatic heterocycles. The van der Waals surface area contributed by atoms with Crippen LogP contribution in [-0.4, -0.2) is 37.0 Å². The van der Waals surface area contributed by atoms with Gasteiger partial charge in [-0.2, -0.15) is 0 Å². The predicted octanol–water partition coefficient (Wildman–Crippen LogP) is 5.83. The van der Waals surface area contributed by atoms with E-state index >= 15 is 0 Å². The molecule has 35 heavy (non-hydrogen) atoms. The van der Waals surface area contributed by atoms with E-state index in [0.717, 1.165) is 16.8 Å². The van der Waals surface area contributed by atoms with Gasteiger partial charge < -0.3 is 20.4 Å². The molecular weight excluding hydrogens is 443 g/mol. The number of halogens is 1. The van der Waals surface area contributed by atoms with Crippen LogP contribution in [0.15, 0.2) is 72.8 Å². The molecule has 0 aliphatic heterocycles. The fourth-order valence-electron chi connectivity index (χ4n) is 3.89. The number of carbonyl (C=O) groups is 2. The summed E-state index contributed by atoms with van der Waals surface area (Å²) in [5.74, 6) is -0.598. The fourth-order valence-corrected chi connectivity index (χ4v) is 3.89. The average Bonchev–Trinajstić information content (AvgIpc) is 2.82. The molecule has 0 bridgehead atoms. The number of nitrogens with one attached hydrogen (secondary N) is 2. The van der Waals surface area contributed by atoms with Crippen LogP contribution >= 0.6 is 0 Å². The Morgan fingerprint density at radius 1 is 0.914 bits per heavy atom. The Bertz CT molecular complexity index is 1150. The van der Waals surface area contributed by atoms with Crippen molar-refractivity contribution in [2.75, 3.05) is 24.3 Å². The number of benzene rings is 3. The van der Waals surface area contributed by atoms with Crippen molar-refractivity contribution in [2.45, 2.75) is 39.4 Å². The maximum atomic E-state index is 13.7. The van der Waals surface area contributed by atoms with Crippen LogP contribution in [0, 0.1) is 5.82 Å². The minimum Gasteiger partial charge on any atom is -0.377 e. The number of carbonyl (C=O) groups excluding carboxylic acids is 2. The van der Waals surface area contributed by atoms with Crippen molar-refractivity contribution in [3.05, 3.63) is 95.3 Å². The van der Waals surface area contributed by atoms with Crippen LogP contribution < -0.4 is 15.5 Å². The summed E-state index contributed by atoms with van der Waals surface area (Å²) in [6.07, 6.45) is 0. The summed E-state index contributed by atoms with van der Waals surface area (Å²) in [6, 6.07) is 20.5. The van der Waals surface area contributed by atoms with Crippen molar-refractivity contribution in [3.8, 4) is 0 Å². The van der Waals surface area contributed by atoms with Crippen molar-refractivity contribution in [3.63, 3.8) is 0 Å². The molecule has 0 spiro atoms. The highest BCUT2D eigenvalue weighted by Crippen LogP contribution is 2.30. The maximum Gasteiger partial charge on any atom is 0.319 e. The van der Waals surface area contributed by atoms with Gasteiger partial charge in [0.2, 0.25) is 0 Å². The van der Waals surface area contributed by atoms with Gasteiger partial charge in [0.05, 0.1) is 6.04 Å². The van der Waals surface area contributed by atoms with Gasteiger partial charge in [-0.3, -0.25) is 4.79 Å². The Balaban J connectivity index is 2.00. The number of rotatable bonds is 8. The van der Waals surface area contributed by atoms with Crippen molar-refractivity contribution < 1.29 is 14.0 Å². The summed E-state index contributed by atoms with van der Waals surface area (Å²) >= 11 is 0. The number of nitrogens with zero attached hydrogens (tertiary/aromatic N) is 2. The van der Waals surface area contributed by atoms with Gasteiger partial charge in [-0.25, -0.2) is 9.18 Å². The zero-order chi connectivity index (χ0) is 25.5. The summed E-state index contributed by atoms with van der Waals surface area (Å²) in [5.41, 5.74) is 3.82. The lowest BCUT2D eigenvalue weighted by Crippen LogP contribution is -2.35. The highest BCUT2D eigenvalue weighted by atomic mass is 19.1. The second kappa shape index (κ2) is 11.5. The molecule has 0 aliphatic carbocycles. The standard InChI is InChI=1S/C28H33FN4O2/c1-19(2)30-28(35)31-25-15-16-26(32(4)5)23(17-25)18-33(20(3)21-9-7-6-8-10-21)27(34)22-11-13-24(29)14-12-22/h6-17,19-20H,18H2,1-5H3,(H2,30,31,35)/t20-/m0/s1. The third-order valence-electron chi connectivity index (χ3n) is 5.68. The normalized spacial score (nSPS) is 11.6. The van der Waals surface area contributed by atoms with Crippen molar-refractivity contribution in [1.29, 1.82) is 0 Å². The summed E-state index contributed by atoms with van der Waals surface area (Å²) in [6.45, 7) is 6.06. The molecule has 3 amide bonds. The first-order chi connectivity index (χ1) is 16.7. The van der Waals surface area contributed by atoms with Crippen molar-refractivity contribution in [2.24, 2.45) is 0 Å².